The normalized spacial score (nSPS) is 9.71. The highest BCUT2D eigenvalue weighted by Gasteiger charge is 2.13. The molecule has 0 saturated carbocycles. The zero-order valence-electron chi connectivity index (χ0n) is 13.1. The number of hydrogen-bond acceptors (Lipinski definition) is 4. The number of hydrogen-bond donors (Lipinski definition) is 2. The summed E-state index contributed by atoms with van der Waals surface area (Å²) in [6.45, 7) is 6.32. The number of ether oxygens (including phenoxy) is 2. The number of methoxy groups -OCH3 is 2. The maximum absolute atomic E-state index is 12.1. The molecule has 1 amide bonds. The van der Waals surface area contributed by atoms with Crippen LogP contribution in [0.4, 0.5) is 0 Å². The molecule has 0 heterocycles. The van der Waals surface area contributed by atoms with Gasteiger partial charge in [0.2, 0.25) is 0 Å². The number of rotatable bonds is 8. The van der Waals surface area contributed by atoms with Crippen molar-refractivity contribution in [1.82, 2.24) is 10.6 Å². The fourth-order valence-corrected chi connectivity index (χ4v) is 1.89. The third kappa shape index (κ3) is 5.81. The number of carbonyl (C=O) groups excluding carboxylic acids is 1. The van der Waals surface area contributed by atoms with Gasteiger partial charge in [-0.2, -0.15) is 0 Å². The predicted octanol–water partition coefficient (Wildman–Crippen LogP) is 2.16. The number of carbonyl (C=O) groups is 1. The molecule has 0 saturated heterocycles. The van der Waals surface area contributed by atoms with E-state index in [0.29, 0.717) is 23.6 Å². The molecule has 0 fully saturated rings. The van der Waals surface area contributed by atoms with Crippen LogP contribution in [0, 0.1) is 6.92 Å². The van der Waals surface area contributed by atoms with Crippen molar-refractivity contribution < 1.29 is 14.3 Å². The lowest BCUT2D eigenvalue weighted by Crippen LogP contribution is -2.32. The van der Waals surface area contributed by atoms with E-state index in [1.165, 1.54) is 0 Å². The highest BCUT2D eigenvalue weighted by atomic mass is 35.5. The quantitative estimate of drug-likeness (QED) is 0.722. The van der Waals surface area contributed by atoms with E-state index < -0.39 is 0 Å². The Kier molecular flexibility index (Phi) is 9.58. The van der Waals surface area contributed by atoms with Gasteiger partial charge in [-0.05, 0) is 32.0 Å². The van der Waals surface area contributed by atoms with E-state index in [9.17, 15) is 4.79 Å². The van der Waals surface area contributed by atoms with Gasteiger partial charge in [0, 0.05) is 24.2 Å². The second-order valence-electron chi connectivity index (χ2n) is 4.51. The summed E-state index contributed by atoms with van der Waals surface area (Å²) in [4.78, 5) is 12.1. The zero-order valence-corrected chi connectivity index (χ0v) is 13.9. The Labute approximate surface area is 132 Å². The van der Waals surface area contributed by atoms with E-state index in [-0.39, 0.29) is 18.3 Å². The van der Waals surface area contributed by atoms with Crippen molar-refractivity contribution in [3.05, 3.63) is 23.3 Å². The molecule has 0 spiro atoms. The Hall–Kier alpha value is -1.46. The molecule has 0 aromatic heterocycles. The molecule has 2 N–H and O–H groups in total. The maximum Gasteiger partial charge on any atom is 0.251 e. The lowest BCUT2D eigenvalue weighted by atomic mass is 10.1. The average molecular weight is 317 g/mol. The fraction of sp³-hybridized carbons (Fsp3) is 0.533. The van der Waals surface area contributed by atoms with E-state index in [4.69, 9.17) is 9.47 Å². The van der Waals surface area contributed by atoms with Crippen molar-refractivity contribution in [3.63, 3.8) is 0 Å². The van der Waals surface area contributed by atoms with Gasteiger partial charge in [0.15, 0.2) is 0 Å². The minimum atomic E-state index is -0.125. The summed E-state index contributed by atoms with van der Waals surface area (Å²) >= 11 is 0. The molecular weight excluding hydrogens is 292 g/mol. The van der Waals surface area contributed by atoms with E-state index in [2.05, 4.69) is 17.6 Å². The molecule has 1 aromatic rings. The molecule has 0 aliphatic heterocycles. The maximum atomic E-state index is 12.1. The number of nitrogens with one attached hydrogen (secondary N) is 2. The van der Waals surface area contributed by atoms with Crippen LogP contribution in [0.1, 0.15) is 29.3 Å². The van der Waals surface area contributed by atoms with Crippen molar-refractivity contribution in [1.29, 1.82) is 0 Å². The summed E-state index contributed by atoms with van der Waals surface area (Å²) in [5.74, 6) is 1.18. The largest absolute Gasteiger partial charge is 0.496 e. The molecule has 0 radical (unpaired) electrons. The van der Waals surface area contributed by atoms with Gasteiger partial charge in [-0.3, -0.25) is 4.79 Å². The average Bonchev–Trinajstić information content (AvgIpc) is 2.47. The van der Waals surface area contributed by atoms with Crippen molar-refractivity contribution in [2.75, 3.05) is 33.9 Å². The van der Waals surface area contributed by atoms with E-state index in [0.717, 1.165) is 25.1 Å². The van der Waals surface area contributed by atoms with Gasteiger partial charge in [0.05, 0.1) is 14.2 Å². The molecular formula is C15H25ClN2O3. The summed E-state index contributed by atoms with van der Waals surface area (Å²) in [6.07, 6.45) is 1.08. The minimum absolute atomic E-state index is 0. The molecule has 5 nitrogen and oxygen atoms in total. The highest BCUT2D eigenvalue weighted by Crippen LogP contribution is 2.29. The Bertz CT molecular complexity index is 428. The molecule has 6 heteroatoms. The molecule has 1 aromatic carbocycles. The van der Waals surface area contributed by atoms with E-state index in [1.807, 2.05) is 6.92 Å². The van der Waals surface area contributed by atoms with Gasteiger partial charge in [0.25, 0.3) is 5.91 Å². The monoisotopic (exact) mass is 316 g/mol. The summed E-state index contributed by atoms with van der Waals surface area (Å²) in [5, 5.41) is 6.10. The first kappa shape index (κ1) is 19.5. The van der Waals surface area contributed by atoms with Gasteiger partial charge in [-0.1, -0.05) is 6.92 Å². The lowest BCUT2D eigenvalue weighted by Gasteiger charge is -2.12. The second kappa shape index (κ2) is 10.3. The zero-order chi connectivity index (χ0) is 15.0. The molecule has 120 valence electrons. The summed E-state index contributed by atoms with van der Waals surface area (Å²) < 4.78 is 10.5. The third-order valence-corrected chi connectivity index (χ3v) is 3.03. The molecule has 0 bridgehead atoms. The lowest BCUT2D eigenvalue weighted by molar-refractivity contribution is 0.0953. The summed E-state index contributed by atoms with van der Waals surface area (Å²) in [5.41, 5.74) is 1.43. The van der Waals surface area contributed by atoms with Crippen LogP contribution in [0.15, 0.2) is 12.1 Å². The predicted molar refractivity (Wildman–Crippen MR) is 87.0 cm³/mol. The van der Waals surface area contributed by atoms with Gasteiger partial charge in [-0.15, -0.1) is 12.4 Å². The molecule has 1 rings (SSSR count). The van der Waals surface area contributed by atoms with Crippen LogP contribution < -0.4 is 20.1 Å². The van der Waals surface area contributed by atoms with E-state index >= 15 is 0 Å². The minimum Gasteiger partial charge on any atom is -0.496 e. The molecule has 0 aliphatic rings. The number of halogens is 1. The SMILES string of the molecule is CCCNCCNC(=O)c1cc(OC)c(C)c(OC)c1.Cl. The van der Waals surface area contributed by atoms with Crippen LogP contribution in [0.5, 0.6) is 11.5 Å². The summed E-state index contributed by atoms with van der Waals surface area (Å²) in [6, 6.07) is 3.46. The Balaban J connectivity index is 0.00000400. The summed E-state index contributed by atoms with van der Waals surface area (Å²) in [7, 11) is 3.16. The van der Waals surface area contributed by atoms with Crippen LogP contribution in [0.2, 0.25) is 0 Å². The Morgan fingerprint density at radius 1 is 1.10 bits per heavy atom. The van der Waals surface area contributed by atoms with E-state index in [1.54, 1.807) is 26.4 Å². The first-order valence-corrected chi connectivity index (χ1v) is 6.85. The van der Waals surface area contributed by atoms with Crippen molar-refractivity contribution in [3.8, 4) is 11.5 Å². The van der Waals surface area contributed by atoms with Crippen molar-refractivity contribution in [2.45, 2.75) is 20.3 Å². The van der Waals surface area contributed by atoms with Crippen LogP contribution in [0.25, 0.3) is 0 Å². The topological polar surface area (TPSA) is 59.6 Å². The highest BCUT2D eigenvalue weighted by molar-refractivity contribution is 5.95. The first-order chi connectivity index (χ1) is 9.63. The molecule has 0 unspecified atom stereocenters. The standard InChI is InChI=1S/C15H24N2O3.ClH/c1-5-6-16-7-8-17-15(18)12-9-13(19-3)11(2)14(10-12)20-4;/h9-10,16H,5-8H2,1-4H3,(H,17,18);1H. The first-order valence-electron chi connectivity index (χ1n) is 6.85. The molecule has 0 aliphatic carbocycles. The number of benzene rings is 1. The van der Waals surface area contributed by atoms with Crippen molar-refractivity contribution in [2.24, 2.45) is 0 Å². The second-order valence-corrected chi connectivity index (χ2v) is 4.51. The smallest absolute Gasteiger partial charge is 0.251 e. The molecule has 21 heavy (non-hydrogen) atoms. The van der Waals surface area contributed by atoms with Crippen molar-refractivity contribution >= 4 is 18.3 Å². The van der Waals surface area contributed by atoms with Crippen LogP contribution >= 0.6 is 12.4 Å². The van der Waals surface area contributed by atoms with Gasteiger partial charge < -0.3 is 20.1 Å². The number of amides is 1. The Morgan fingerprint density at radius 2 is 1.67 bits per heavy atom. The van der Waals surface area contributed by atoms with Crippen LogP contribution in [-0.2, 0) is 0 Å². The fourth-order valence-electron chi connectivity index (χ4n) is 1.89. The van der Waals surface area contributed by atoms with Gasteiger partial charge >= 0.3 is 0 Å². The van der Waals surface area contributed by atoms with Crippen LogP contribution in [0.3, 0.4) is 0 Å². The van der Waals surface area contributed by atoms with Crippen LogP contribution in [-0.4, -0.2) is 39.8 Å². The third-order valence-electron chi connectivity index (χ3n) is 3.03. The van der Waals surface area contributed by atoms with Gasteiger partial charge in [0.1, 0.15) is 11.5 Å². The Morgan fingerprint density at radius 3 is 2.14 bits per heavy atom. The molecule has 0 atom stereocenters. The van der Waals surface area contributed by atoms with Gasteiger partial charge in [-0.25, -0.2) is 0 Å².